The van der Waals surface area contributed by atoms with E-state index in [0.29, 0.717) is 24.7 Å². The highest BCUT2D eigenvalue weighted by Crippen LogP contribution is 2.13. The summed E-state index contributed by atoms with van der Waals surface area (Å²) < 4.78 is 1.73. The van der Waals surface area contributed by atoms with Gasteiger partial charge in [0.2, 0.25) is 5.95 Å². The number of hydrogen-bond acceptors (Lipinski definition) is 4. The van der Waals surface area contributed by atoms with Crippen LogP contribution in [0.3, 0.4) is 0 Å². The smallest absolute Gasteiger partial charge is 0.312 e. The minimum absolute atomic E-state index is 0.375. The van der Waals surface area contributed by atoms with Crippen LogP contribution >= 0.6 is 0 Å². The zero-order chi connectivity index (χ0) is 11.5. The van der Waals surface area contributed by atoms with Crippen LogP contribution in [0.15, 0.2) is 18.3 Å². The maximum absolute atomic E-state index is 10.5. The van der Waals surface area contributed by atoms with Gasteiger partial charge in [-0.15, -0.1) is 0 Å². The Morgan fingerprint density at radius 2 is 2.38 bits per heavy atom. The van der Waals surface area contributed by atoms with Gasteiger partial charge in [-0.2, -0.15) is 0 Å². The first-order valence-corrected chi connectivity index (χ1v) is 4.78. The van der Waals surface area contributed by atoms with E-state index < -0.39 is 6.03 Å². The minimum atomic E-state index is -0.559. The molecule has 0 aliphatic rings. The van der Waals surface area contributed by atoms with Gasteiger partial charge in [-0.25, -0.2) is 14.8 Å². The number of hydrogen-bond donors (Lipinski definition) is 3. The van der Waals surface area contributed by atoms with Crippen LogP contribution in [-0.4, -0.2) is 27.1 Å². The molecule has 2 rings (SSSR count). The molecule has 0 aliphatic heterocycles. The first-order valence-electron chi connectivity index (χ1n) is 4.78. The maximum Gasteiger partial charge on any atom is 0.312 e. The van der Waals surface area contributed by atoms with E-state index in [1.165, 1.54) is 0 Å². The van der Waals surface area contributed by atoms with E-state index in [4.69, 9.17) is 11.5 Å². The van der Waals surface area contributed by atoms with Crippen LogP contribution in [0.5, 0.6) is 0 Å². The van der Waals surface area contributed by atoms with Crippen LogP contribution in [0.4, 0.5) is 10.7 Å². The van der Waals surface area contributed by atoms with E-state index in [0.717, 1.165) is 5.52 Å². The molecular weight excluding hydrogens is 208 g/mol. The lowest BCUT2D eigenvalue weighted by Crippen LogP contribution is -2.32. The summed E-state index contributed by atoms with van der Waals surface area (Å²) in [6.45, 7) is 0.879. The molecule has 0 spiro atoms. The lowest BCUT2D eigenvalue weighted by molar-refractivity contribution is 0.248. The van der Waals surface area contributed by atoms with Gasteiger partial charge in [-0.3, -0.25) is 4.57 Å². The normalized spacial score (nSPS) is 10.5. The predicted molar refractivity (Wildman–Crippen MR) is 59.5 cm³/mol. The highest BCUT2D eigenvalue weighted by atomic mass is 16.2. The Morgan fingerprint density at radius 1 is 1.56 bits per heavy atom. The summed E-state index contributed by atoms with van der Waals surface area (Å²) in [4.78, 5) is 18.8. The number of imidazole rings is 1. The van der Waals surface area contributed by atoms with Crippen molar-refractivity contribution in [3.8, 4) is 0 Å². The van der Waals surface area contributed by atoms with Gasteiger partial charge in [0.1, 0.15) is 5.52 Å². The minimum Gasteiger partial charge on any atom is -0.369 e. The SMILES string of the molecule is NC(=O)NCCn1c(N)nc2cccnc21. The molecule has 0 saturated carbocycles. The van der Waals surface area contributed by atoms with Crippen LogP contribution in [0, 0.1) is 0 Å². The number of pyridine rings is 1. The standard InChI is InChI=1S/C9H12N6O/c10-8-14-6-2-1-3-12-7(6)15(8)5-4-13-9(11)16/h1-3H,4-5H2,(H2,10,14)(H3,11,13,16). The van der Waals surface area contributed by atoms with Crippen molar-refractivity contribution in [3.63, 3.8) is 0 Å². The number of carbonyl (C=O) groups is 1. The van der Waals surface area contributed by atoms with Crippen LogP contribution in [0.1, 0.15) is 0 Å². The molecule has 0 radical (unpaired) electrons. The quantitative estimate of drug-likeness (QED) is 0.658. The lowest BCUT2D eigenvalue weighted by Gasteiger charge is -2.05. The molecule has 16 heavy (non-hydrogen) atoms. The zero-order valence-electron chi connectivity index (χ0n) is 8.55. The zero-order valence-corrected chi connectivity index (χ0v) is 8.55. The molecule has 2 aromatic heterocycles. The molecule has 2 amide bonds. The fraction of sp³-hybridized carbons (Fsp3) is 0.222. The number of carbonyl (C=O) groups excluding carboxylic acids is 1. The molecule has 2 heterocycles. The first-order chi connectivity index (χ1) is 7.68. The molecule has 7 nitrogen and oxygen atoms in total. The Balaban J connectivity index is 2.22. The summed E-state index contributed by atoms with van der Waals surface area (Å²) in [7, 11) is 0. The highest BCUT2D eigenvalue weighted by Gasteiger charge is 2.07. The van der Waals surface area contributed by atoms with Crippen LogP contribution in [-0.2, 0) is 6.54 Å². The third-order valence-corrected chi connectivity index (χ3v) is 2.17. The Bertz CT molecular complexity index is 520. The number of nitrogens with two attached hydrogens (primary N) is 2. The van der Waals surface area contributed by atoms with E-state index in [1.54, 1.807) is 16.8 Å². The molecule has 0 bridgehead atoms. The van der Waals surface area contributed by atoms with Crippen LogP contribution in [0.2, 0.25) is 0 Å². The first kappa shape index (κ1) is 10.2. The van der Waals surface area contributed by atoms with Crippen molar-refractivity contribution >= 4 is 23.1 Å². The van der Waals surface area contributed by atoms with E-state index in [1.807, 2.05) is 6.07 Å². The number of anilines is 1. The Morgan fingerprint density at radius 3 is 3.12 bits per heavy atom. The van der Waals surface area contributed by atoms with Crippen molar-refractivity contribution in [1.29, 1.82) is 0 Å². The topological polar surface area (TPSA) is 112 Å². The third kappa shape index (κ3) is 1.88. The predicted octanol–water partition coefficient (Wildman–Crippen LogP) is -0.318. The van der Waals surface area contributed by atoms with Crippen molar-refractivity contribution in [2.75, 3.05) is 12.3 Å². The summed E-state index contributed by atoms with van der Waals surface area (Å²) in [5.41, 5.74) is 12.1. The van der Waals surface area contributed by atoms with Gasteiger partial charge in [0.15, 0.2) is 5.65 Å². The van der Waals surface area contributed by atoms with Crippen molar-refractivity contribution in [2.24, 2.45) is 5.73 Å². The number of fused-ring (bicyclic) bond motifs is 1. The van der Waals surface area contributed by atoms with Crippen molar-refractivity contribution in [3.05, 3.63) is 18.3 Å². The van der Waals surface area contributed by atoms with Crippen LogP contribution in [0.25, 0.3) is 11.2 Å². The largest absolute Gasteiger partial charge is 0.369 e. The summed E-state index contributed by atoms with van der Waals surface area (Å²) >= 11 is 0. The monoisotopic (exact) mass is 220 g/mol. The molecule has 2 aromatic rings. The molecule has 84 valence electrons. The van der Waals surface area contributed by atoms with E-state index >= 15 is 0 Å². The summed E-state index contributed by atoms with van der Waals surface area (Å²) in [6, 6.07) is 3.06. The number of urea groups is 1. The summed E-state index contributed by atoms with van der Waals surface area (Å²) in [5, 5.41) is 2.48. The molecule has 0 aromatic carbocycles. The maximum atomic E-state index is 10.5. The molecule has 7 heteroatoms. The number of aromatic nitrogens is 3. The van der Waals surface area contributed by atoms with Crippen molar-refractivity contribution in [2.45, 2.75) is 6.54 Å². The Hall–Kier alpha value is -2.31. The molecular formula is C9H12N6O. The van der Waals surface area contributed by atoms with Gasteiger partial charge >= 0.3 is 6.03 Å². The van der Waals surface area contributed by atoms with E-state index in [9.17, 15) is 4.79 Å². The number of nitrogens with zero attached hydrogens (tertiary/aromatic N) is 3. The number of nitrogen functional groups attached to an aromatic ring is 1. The number of primary amides is 1. The van der Waals surface area contributed by atoms with Gasteiger partial charge in [0, 0.05) is 19.3 Å². The molecule has 0 unspecified atom stereocenters. The fourth-order valence-electron chi connectivity index (χ4n) is 1.49. The molecule has 0 aliphatic carbocycles. The summed E-state index contributed by atoms with van der Waals surface area (Å²) in [6.07, 6.45) is 1.67. The second-order valence-electron chi connectivity index (χ2n) is 3.26. The molecule has 5 N–H and O–H groups in total. The van der Waals surface area contributed by atoms with E-state index in [2.05, 4.69) is 15.3 Å². The van der Waals surface area contributed by atoms with Gasteiger partial charge < -0.3 is 16.8 Å². The molecule has 0 saturated heterocycles. The van der Waals surface area contributed by atoms with Gasteiger partial charge in [-0.05, 0) is 12.1 Å². The highest BCUT2D eigenvalue weighted by molar-refractivity contribution is 5.74. The Labute approximate surface area is 91.5 Å². The summed E-state index contributed by atoms with van der Waals surface area (Å²) in [5.74, 6) is 0.375. The average Bonchev–Trinajstić information content (AvgIpc) is 2.55. The van der Waals surface area contributed by atoms with Crippen LogP contribution < -0.4 is 16.8 Å². The lowest BCUT2D eigenvalue weighted by atomic mass is 10.4. The Kier molecular flexibility index (Phi) is 2.59. The second kappa shape index (κ2) is 4.05. The number of amides is 2. The molecule has 0 fully saturated rings. The number of nitrogens with one attached hydrogen (secondary N) is 1. The third-order valence-electron chi connectivity index (χ3n) is 2.17. The fourth-order valence-corrected chi connectivity index (χ4v) is 1.49. The van der Waals surface area contributed by atoms with Gasteiger partial charge in [0.05, 0.1) is 0 Å². The second-order valence-corrected chi connectivity index (χ2v) is 3.26. The van der Waals surface area contributed by atoms with Crippen molar-refractivity contribution in [1.82, 2.24) is 19.9 Å². The molecule has 0 atom stereocenters. The average molecular weight is 220 g/mol. The van der Waals surface area contributed by atoms with E-state index in [-0.39, 0.29) is 0 Å². The van der Waals surface area contributed by atoms with Crippen molar-refractivity contribution < 1.29 is 4.79 Å². The van der Waals surface area contributed by atoms with Gasteiger partial charge in [-0.1, -0.05) is 0 Å². The van der Waals surface area contributed by atoms with Gasteiger partial charge in [0.25, 0.3) is 0 Å². The number of rotatable bonds is 3.